The lowest BCUT2D eigenvalue weighted by Crippen LogP contribution is -2.38. The van der Waals surface area contributed by atoms with Crippen LogP contribution in [-0.2, 0) is 15.7 Å². The second-order valence-corrected chi connectivity index (χ2v) is 9.14. The Morgan fingerprint density at radius 3 is 2.32 bits per heavy atom. The molecule has 0 spiro atoms. The Bertz CT molecular complexity index is 947. The fourth-order valence-corrected chi connectivity index (χ4v) is 3.71. The van der Waals surface area contributed by atoms with Crippen LogP contribution in [0.5, 0.6) is 0 Å². The van der Waals surface area contributed by atoms with Gasteiger partial charge in [0.2, 0.25) is 11.9 Å². The van der Waals surface area contributed by atoms with Crippen LogP contribution in [0.3, 0.4) is 0 Å². The molecular weight excluding hydrogens is 453 g/mol. The van der Waals surface area contributed by atoms with Gasteiger partial charge in [0.25, 0.3) is 5.91 Å². The molecule has 34 heavy (non-hydrogen) atoms. The van der Waals surface area contributed by atoms with Crippen molar-refractivity contribution in [1.82, 2.24) is 10.2 Å². The highest BCUT2D eigenvalue weighted by Gasteiger charge is 2.37. The van der Waals surface area contributed by atoms with Crippen LogP contribution in [0.15, 0.2) is 23.2 Å². The maximum atomic E-state index is 13.8. The molecule has 0 saturated carbocycles. The van der Waals surface area contributed by atoms with Crippen molar-refractivity contribution in [1.29, 1.82) is 0 Å². The van der Waals surface area contributed by atoms with E-state index in [-0.39, 0.29) is 17.0 Å². The highest BCUT2D eigenvalue weighted by atomic mass is 19.4. The van der Waals surface area contributed by atoms with Crippen molar-refractivity contribution in [2.24, 2.45) is 10.7 Å². The number of hydrogen-bond donors (Lipinski definition) is 2. The lowest BCUT2D eigenvalue weighted by Gasteiger charge is -2.33. The zero-order chi connectivity index (χ0) is 25.7. The maximum absolute atomic E-state index is 13.8. The Labute approximate surface area is 196 Å². The summed E-state index contributed by atoms with van der Waals surface area (Å²) in [5.41, 5.74) is 3.58. The molecule has 8 nitrogen and oxygen atoms in total. The van der Waals surface area contributed by atoms with Gasteiger partial charge in [-0.05, 0) is 63.6 Å². The Morgan fingerprint density at radius 1 is 1.18 bits per heavy atom. The fourth-order valence-electron chi connectivity index (χ4n) is 3.71. The average molecular weight is 485 g/mol. The Morgan fingerprint density at radius 2 is 1.79 bits per heavy atom. The zero-order valence-corrected chi connectivity index (χ0v) is 19.8. The largest absolute Gasteiger partial charge is 0.442 e. The van der Waals surface area contributed by atoms with Gasteiger partial charge in [0, 0.05) is 25.1 Å². The van der Waals surface area contributed by atoms with Gasteiger partial charge < -0.3 is 15.4 Å². The number of piperidine rings is 1. The van der Waals surface area contributed by atoms with Crippen LogP contribution in [0, 0.1) is 0 Å². The molecule has 1 aliphatic heterocycles. The van der Waals surface area contributed by atoms with E-state index in [1.807, 2.05) is 6.92 Å². The van der Waals surface area contributed by atoms with E-state index < -0.39 is 41.2 Å². The van der Waals surface area contributed by atoms with Crippen molar-refractivity contribution in [3.05, 3.63) is 34.9 Å². The number of hydrogen-bond acceptors (Lipinski definition) is 4. The molecule has 188 valence electrons. The number of benzene rings is 1. The molecular formula is C23H31F3N4O4. The number of likely N-dealkylation sites (tertiary alicyclic amines) is 1. The SMILES string of the molecule is CCCC(=O)N1CCC(c2ccc(C(=O)N/C(N)=N\C(=O)OC(C)(C)C)cc2C(F)(F)F)CC1. The number of rotatable bonds is 4. The van der Waals surface area contributed by atoms with E-state index in [4.69, 9.17) is 10.5 Å². The summed E-state index contributed by atoms with van der Waals surface area (Å²) < 4.78 is 46.5. The second-order valence-electron chi connectivity index (χ2n) is 9.14. The molecule has 3 N–H and O–H groups in total. The molecule has 1 fully saturated rings. The normalized spacial score (nSPS) is 15.7. The van der Waals surface area contributed by atoms with Gasteiger partial charge in [-0.25, -0.2) is 4.79 Å². The quantitative estimate of drug-likeness (QED) is 0.491. The molecule has 0 radical (unpaired) electrons. The van der Waals surface area contributed by atoms with E-state index in [9.17, 15) is 27.6 Å². The summed E-state index contributed by atoms with van der Waals surface area (Å²) in [6.45, 7) is 7.52. The molecule has 0 atom stereocenters. The number of halogens is 3. The fraction of sp³-hybridized carbons (Fsp3) is 0.565. The third-order valence-corrected chi connectivity index (χ3v) is 5.22. The van der Waals surface area contributed by atoms with Crippen LogP contribution in [0.4, 0.5) is 18.0 Å². The van der Waals surface area contributed by atoms with Gasteiger partial charge in [0.1, 0.15) is 5.60 Å². The first-order valence-electron chi connectivity index (χ1n) is 11.1. The van der Waals surface area contributed by atoms with E-state index in [1.54, 1.807) is 25.7 Å². The Hall–Kier alpha value is -3.11. The Balaban J connectivity index is 2.18. The third kappa shape index (κ3) is 7.74. The summed E-state index contributed by atoms with van der Waals surface area (Å²) in [6.07, 6.45) is -3.79. The van der Waals surface area contributed by atoms with Crippen molar-refractivity contribution in [2.45, 2.75) is 71.1 Å². The van der Waals surface area contributed by atoms with Crippen molar-refractivity contribution >= 4 is 23.9 Å². The number of guanidine groups is 1. The molecule has 1 aliphatic rings. The molecule has 2 rings (SSSR count). The van der Waals surface area contributed by atoms with Gasteiger partial charge >= 0.3 is 12.3 Å². The summed E-state index contributed by atoms with van der Waals surface area (Å²) in [5, 5.41) is 2.10. The molecule has 1 heterocycles. The molecule has 0 unspecified atom stereocenters. The van der Waals surface area contributed by atoms with Gasteiger partial charge in [-0.2, -0.15) is 13.2 Å². The van der Waals surface area contributed by atoms with Gasteiger partial charge in [-0.1, -0.05) is 13.0 Å². The molecule has 3 amide bonds. The molecule has 1 aromatic rings. The number of amides is 3. The van der Waals surface area contributed by atoms with Crippen LogP contribution in [0.1, 0.15) is 80.8 Å². The predicted octanol–water partition coefficient (Wildman–Crippen LogP) is 4.19. The number of nitrogens with two attached hydrogens (primary N) is 1. The number of nitrogens with one attached hydrogen (secondary N) is 1. The number of aliphatic imine (C=N–C) groups is 1. The summed E-state index contributed by atoms with van der Waals surface area (Å²) in [4.78, 5) is 41.2. The van der Waals surface area contributed by atoms with E-state index in [0.717, 1.165) is 6.07 Å². The standard InChI is InChI=1S/C23H31F3N4O4/c1-5-6-18(31)30-11-9-14(10-12-30)16-8-7-15(13-17(16)23(24,25)26)19(32)28-20(27)29-21(33)34-22(2,3)4/h7-8,13-14H,5-6,9-12H2,1-4H3,(H3,27,28,29,32,33). The van der Waals surface area contributed by atoms with Crippen LogP contribution < -0.4 is 11.1 Å². The number of ether oxygens (including phenoxy) is 1. The molecule has 1 aromatic carbocycles. The highest BCUT2D eigenvalue weighted by Crippen LogP contribution is 2.39. The third-order valence-electron chi connectivity index (χ3n) is 5.22. The maximum Gasteiger partial charge on any atom is 0.437 e. The van der Waals surface area contributed by atoms with E-state index in [0.29, 0.717) is 38.8 Å². The lowest BCUT2D eigenvalue weighted by atomic mass is 9.85. The predicted molar refractivity (Wildman–Crippen MR) is 120 cm³/mol. The van der Waals surface area contributed by atoms with Gasteiger partial charge in [0.05, 0.1) is 5.56 Å². The van der Waals surface area contributed by atoms with E-state index >= 15 is 0 Å². The monoisotopic (exact) mass is 484 g/mol. The minimum absolute atomic E-state index is 0.00893. The van der Waals surface area contributed by atoms with E-state index in [2.05, 4.69) is 10.3 Å². The van der Waals surface area contributed by atoms with E-state index in [1.165, 1.54) is 12.1 Å². The minimum atomic E-state index is -4.68. The zero-order valence-electron chi connectivity index (χ0n) is 19.8. The van der Waals surface area contributed by atoms with Gasteiger partial charge in [0.15, 0.2) is 0 Å². The van der Waals surface area contributed by atoms with Crippen LogP contribution in [0.25, 0.3) is 0 Å². The van der Waals surface area contributed by atoms with Crippen LogP contribution in [-0.4, -0.2) is 47.5 Å². The number of carbonyl (C=O) groups is 3. The molecule has 0 aliphatic carbocycles. The van der Waals surface area contributed by atoms with Crippen molar-refractivity contribution in [2.75, 3.05) is 13.1 Å². The first-order chi connectivity index (χ1) is 15.7. The first kappa shape index (κ1) is 27.1. The molecule has 11 heteroatoms. The first-order valence-corrected chi connectivity index (χ1v) is 11.1. The summed E-state index contributed by atoms with van der Waals surface area (Å²) in [5.74, 6) is -1.92. The van der Waals surface area contributed by atoms with Crippen molar-refractivity contribution < 1.29 is 32.3 Å². The molecule has 0 aromatic heterocycles. The topological polar surface area (TPSA) is 114 Å². The average Bonchev–Trinajstić information content (AvgIpc) is 2.71. The minimum Gasteiger partial charge on any atom is -0.442 e. The van der Waals surface area contributed by atoms with Crippen LogP contribution in [0.2, 0.25) is 0 Å². The number of carbonyl (C=O) groups excluding carboxylic acids is 3. The van der Waals surface area contributed by atoms with Gasteiger partial charge in [-0.3, -0.25) is 14.9 Å². The molecule has 0 bridgehead atoms. The number of alkyl halides is 3. The lowest BCUT2D eigenvalue weighted by molar-refractivity contribution is -0.139. The molecule has 1 saturated heterocycles. The Kier molecular flexibility index (Phi) is 8.68. The second kappa shape index (κ2) is 10.9. The smallest absolute Gasteiger partial charge is 0.437 e. The van der Waals surface area contributed by atoms with Crippen molar-refractivity contribution in [3.63, 3.8) is 0 Å². The summed E-state index contributed by atoms with van der Waals surface area (Å²) >= 11 is 0. The van der Waals surface area contributed by atoms with Gasteiger partial charge in [-0.15, -0.1) is 4.99 Å². The van der Waals surface area contributed by atoms with Crippen LogP contribution >= 0.6 is 0 Å². The summed E-state index contributed by atoms with van der Waals surface area (Å²) in [7, 11) is 0. The highest BCUT2D eigenvalue weighted by molar-refractivity contribution is 6.07. The summed E-state index contributed by atoms with van der Waals surface area (Å²) in [6, 6.07) is 3.32. The number of nitrogens with zero attached hydrogens (tertiary/aromatic N) is 2. The van der Waals surface area contributed by atoms with Crippen molar-refractivity contribution in [3.8, 4) is 0 Å².